The van der Waals surface area contributed by atoms with Gasteiger partial charge < -0.3 is 9.13 Å². The van der Waals surface area contributed by atoms with Gasteiger partial charge in [0.1, 0.15) is 0 Å². The van der Waals surface area contributed by atoms with Gasteiger partial charge in [-0.05, 0) is 116 Å². The Kier molecular flexibility index (Phi) is 6.27. The van der Waals surface area contributed by atoms with Crippen LogP contribution in [0.2, 0.25) is 0 Å². The topological polar surface area (TPSA) is 9.86 Å². The maximum absolute atomic E-state index is 8.90. The highest BCUT2D eigenvalue weighted by molar-refractivity contribution is 6.13. The van der Waals surface area contributed by atoms with Gasteiger partial charge in [0.15, 0.2) is 0 Å². The minimum Gasteiger partial charge on any atom is -0.309 e. The molecule has 1 aliphatic rings. The average molecular weight is 758 g/mol. The fourth-order valence-electron chi connectivity index (χ4n) is 9.84. The first kappa shape index (κ1) is 28.9. The van der Waals surface area contributed by atoms with E-state index in [4.69, 9.17) is 6.85 Å². The van der Waals surface area contributed by atoms with Crippen molar-refractivity contribution >= 4 is 43.6 Å². The van der Waals surface area contributed by atoms with Crippen molar-refractivity contribution in [2.24, 2.45) is 0 Å². The summed E-state index contributed by atoms with van der Waals surface area (Å²) in [7, 11) is 0. The molecule has 2 heteroatoms. The highest BCUT2D eigenvalue weighted by Gasteiger charge is 2.37. The molecule has 0 atom stereocenters. The molecule has 0 radical (unpaired) electrons. The van der Waals surface area contributed by atoms with E-state index < -0.39 is 6.04 Å². The number of para-hydroxylation sites is 2. The summed E-state index contributed by atoms with van der Waals surface area (Å²) in [5.74, 6) is 0. The Morgan fingerprint density at radius 3 is 1.61 bits per heavy atom. The molecule has 0 amide bonds. The standard InChI is InChI=1S/C57H40N2/c1-57(2)50-30-29-43(36-49(50)56-44(23-14-24-51(56)57)38-17-7-4-8-18-38)59-53-26-12-10-22-46(53)48-35-41(28-32-55(48)59)40-27-31-54-47(34-40)45-21-9-11-25-52(45)58(54)42-20-13-19-39(33-42)37-15-5-3-6-16-37/h3-36H,1-2H3/i4D,7D,8D,17D,18D. The summed E-state index contributed by atoms with van der Waals surface area (Å²) in [4.78, 5) is 0. The second-order valence-corrected chi connectivity index (χ2v) is 16.2. The van der Waals surface area contributed by atoms with Crippen LogP contribution in [-0.2, 0) is 5.41 Å². The Bertz CT molecular complexity index is 3740. The van der Waals surface area contributed by atoms with Crippen molar-refractivity contribution in [1.82, 2.24) is 9.13 Å². The zero-order valence-corrected chi connectivity index (χ0v) is 32.6. The molecule has 9 aromatic carbocycles. The van der Waals surface area contributed by atoms with Gasteiger partial charge in [-0.2, -0.15) is 0 Å². The normalized spacial score (nSPS) is 14.2. The van der Waals surface area contributed by atoms with Crippen molar-refractivity contribution < 1.29 is 6.85 Å². The predicted octanol–water partition coefficient (Wildman–Crippen LogP) is 15.2. The first-order valence-electron chi connectivity index (χ1n) is 22.7. The van der Waals surface area contributed by atoms with Crippen LogP contribution in [0.1, 0.15) is 31.8 Å². The molecule has 12 rings (SSSR count). The molecule has 0 fully saturated rings. The fourth-order valence-corrected chi connectivity index (χ4v) is 9.84. The van der Waals surface area contributed by atoms with Crippen LogP contribution < -0.4 is 0 Å². The smallest absolute Gasteiger partial charge is 0.0629 e. The molecule has 2 aromatic heterocycles. The Hall–Kier alpha value is -7.42. The van der Waals surface area contributed by atoms with Crippen LogP contribution in [0.4, 0.5) is 0 Å². The lowest BCUT2D eigenvalue weighted by atomic mass is 9.82. The van der Waals surface area contributed by atoms with Gasteiger partial charge in [0, 0.05) is 38.3 Å². The van der Waals surface area contributed by atoms with Crippen LogP contribution >= 0.6 is 0 Å². The molecule has 0 aliphatic heterocycles. The number of aromatic nitrogens is 2. The van der Waals surface area contributed by atoms with E-state index >= 15 is 0 Å². The summed E-state index contributed by atoms with van der Waals surface area (Å²) in [5, 5.41) is 4.70. The van der Waals surface area contributed by atoms with Gasteiger partial charge >= 0.3 is 0 Å². The second kappa shape index (κ2) is 12.8. The average Bonchev–Trinajstić information content (AvgIpc) is 3.93. The minimum absolute atomic E-state index is 0.196. The SMILES string of the molecule is [2H]c1c([2H])c([2H])c(-c2cccc3c2-c2cc(-n4c5ccccc5c5cc(-c6ccc7c(c6)c6ccccc6n7-c6cccc(-c7ccccc7)c6)ccc54)ccc2C3(C)C)c([2H])c1[2H]. The Labute approximate surface area is 350 Å². The summed E-state index contributed by atoms with van der Waals surface area (Å²) in [6, 6.07) is 61.2. The lowest BCUT2D eigenvalue weighted by Crippen LogP contribution is -2.15. The van der Waals surface area contributed by atoms with Crippen molar-refractivity contribution in [1.29, 1.82) is 0 Å². The first-order chi connectivity index (χ1) is 31.1. The summed E-state index contributed by atoms with van der Waals surface area (Å²) in [5.41, 5.74) is 15.9. The number of hydrogen-bond donors (Lipinski definition) is 0. The van der Waals surface area contributed by atoms with Crippen molar-refractivity contribution in [3.05, 3.63) is 217 Å². The van der Waals surface area contributed by atoms with E-state index in [0.717, 1.165) is 72.1 Å². The van der Waals surface area contributed by atoms with E-state index in [9.17, 15) is 0 Å². The van der Waals surface area contributed by atoms with E-state index in [2.05, 4.69) is 187 Å². The highest BCUT2D eigenvalue weighted by atomic mass is 15.0. The van der Waals surface area contributed by atoms with Crippen LogP contribution in [0, 0.1) is 0 Å². The van der Waals surface area contributed by atoms with E-state index in [-0.39, 0.29) is 35.1 Å². The van der Waals surface area contributed by atoms with E-state index in [1.165, 1.54) is 27.4 Å². The molecule has 0 unspecified atom stereocenters. The first-order valence-corrected chi connectivity index (χ1v) is 20.2. The molecule has 11 aromatic rings. The molecular weight excluding hydrogens is 713 g/mol. The quantitative estimate of drug-likeness (QED) is 0.165. The number of hydrogen-bond acceptors (Lipinski definition) is 0. The van der Waals surface area contributed by atoms with Gasteiger partial charge in [0.2, 0.25) is 0 Å². The molecule has 59 heavy (non-hydrogen) atoms. The lowest BCUT2D eigenvalue weighted by Gasteiger charge is -2.22. The third-order valence-corrected chi connectivity index (χ3v) is 12.6. The van der Waals surface area contributed by atoms with Crippen LogP contribution in [-0.4, -0.2) is 9.13 Å². The maximum Gasteiger partial charge on any atom is 0.0629 e. The summed E-state index contributed by atoms with van der Waals surface area (Å²) in [6.07, 6.45) is 0. The Morgan fingerprint density at radius 1 is 0.373 bits per heavy atom. The maximum atomic E-state index is 8.90. The second-order valence-electron chi connectivity index (χ2n) is 16.2. The van der Waals surface area contributed by atoms with E-state index in [1.807, 2.05) is 12.1 Å². The van der Waals surface area contributed by atoms with Gasteiger partial charge in [-0.25, -0.2) is 0 Å². The molecule has 0 spiro atoms. The van der Waals surface area contributed by atoms with Gasteiger partial charge in [-0.3, -0.25) is 0 Å². The van der Waals surface area contributed by atoms with Gasteiger partial charge in [0.25, 0.3) is 0 Å². The van der Waals surface area contributed by atoms with Crippen LogP contribution in [0.15, 0.2) is 206 Å². The largest absolute Gasteiger partial charge is 0.309 e. The molecule has 2 nitrogen and oxygen atoms in total. The van der Waals surface area contributed by atoms with Crippen LogP contribution in [0.5, 0.6) is 0 Å². The number of nitrogens with zero attached hydrogens (tertiary/aromatic N) is 2. The molecule has 0 N–H and O–H groups in total. The molecule has 0 bridgehead atoms. The third-order valence-electron chi connectivity index (χ3n) is 12.6. The van der Waals surface area contributed by atoms with E-state index in [0.29, 0.717) is 5.56 Å². The van der Waals surface area contributed by atoms with Gasteiger partial charge in [0.05, 0.1) is 28.9 Å². The third kappa shape index (κ3) is 5.06. The zero-order chi connectivity index (χ0) is 43.6. The fraction of sp³-hybridized carbons (Fsp3) is 0.0526. The molecular formula is C57H40N2. The summed E-state index contributed by atoms with van der Waals surface area (Å²) < 4.78 is 47.7. The zero-order valence-electron chi connectivity index (χ0n) is 37.6. The van der Waals surface area contributed by atoms with Crippen molar-refractivity contribution in [2.75, 3.05) is 0 Å². The van der Waals surface area contributed by atoms with Gasteiger partial charge in [-0.15, -0.1) is 0 Å². The summed E-state index contributed by atoms with van der Waals surface area (Å²) in [6.45, 7) is 4.40. The van der Waals surface area contributed by atoms with Crippen molar-refractivity contribution in [2.45, 2.75) is 19.3 Å². The van der Waals surface area contributed by atoms with Crippen molar-refractivity contribution in [3.63, 3.8) is 0 Å². The minimum atomic E-state index is -0.391. The molecule has 0 saturated carbocycles. The lowest BCUT2D eigenvalue weighted by molar-refractivity contribution is 0.660. The highest BCUT2D eigenvalue weighted by Crippen LogP contribution is 2.53. The molecule has 2 heterocycles. The predicted molar refractivity (Wildman–Crippen MR) is 249 cm³/mol. The van der Waals surface area contributed by atoms with Crippen LogP contribution in [0.25, 0.3) is 99.5 Å². The summed E-state index contributed by atoms with van der Waals surface area (Å²) >= 11 is 0. The number of rotatable bonds is 5. The number of benzene rings is 9. The van der Waals surface area contributed by atoms with E-state index in [1.54, 1.807) is 0 Å². The van der Waals surface area contributed by atoms with Gasteiger partial charge in [-0.1, -0.05) is 159 Å². The number of fused-ring (bicyclic) bond motifs is 9. The Balaban J connectivity index is 1.01. The molecule has 278 valence electrons. The van der Waals surface area contributed by atoms with Crippen molar-refractivity contribution in [3.8, 4) is 55.9 Å². The molecule has 0 saturated heterocycles. The monoisotopic (exact) mass is 757 g/mol. The Morgan fingerprint density at radius 2 is 0.932 bits per heavy atom. The molecule has 1 aliphatic carbocycles. The van der Waals surface area contributed by atoms with Crippen LogP contribution in [0.3, 0.4) is 0 Å².